The average Bonchev–Trinajstić information content (AvgIpc) is 3.32. The van der Waals surface area contributed by atoms with Gasteiger partial charge in [0.25, 0.3) is 11.8 Å². The summed E-state index contributed by atoms with van der Waals surface area (Å²) in [6.07, 6.45) is -2.05. The van der Waals surface area contributed by atoms with E-state index in [2.05, 4.69) is 15.6 Å². The quantitative estimate of drug-likeness (QED) is 0.166. The summed E-state index contributed by atoms with van der Waals surface area (Å²) in [5, 5.41) is 5.00. The molecule has 0 fully saturated rings. The summed E-state index contributed by atoms with van der Waals surface area (Å²) in [4.78, 5) is 32.9. The van der Waals surface area contributed by atoms with E-state index in [0.717, 1.165) is 12.8 Å². The number of pyridine rings is 1. The smallest absolute Gasteiger partial charge is 0.405 e. The Morgan fingerprint density at radius 2 is 1.73 bits per heavy atom. The lowest BCUT2D eigenvalue weighted by Crippen LogP contribution is -2.28. The van der Waals surface area contributed by atoms with Gasteiger partial charge < -0.3 is 20.0 Å². The summed E-state index contributed by atoms with van der Waals surface area (Å²) in [6.45, 7) is 0.950. The number of alkyl halides is 3. The van der Waals surface area contributed by atoms with Crippen LogP contribution in [0, 0.1) is 5.82 Å². The van der Waals surface area contributed by atoms with Crippen molar-refractivity contribution in [3.63, 3.8) is 0 Å². The van der Waals surface area contributed by atoms with Gasteiger partial charge in [0.15, 0.2) is 0 Å². The third-order valence-corrected chi connectivity index (χ3v) is 6.21. The molecule has 2 heterocycles. The minimum Gasteiger partial charge on any atom is -0.437 e. The van der Waals surface area contributed by atoms with Gasteiger partial charge in [0.2, 0.25) is 5.71 Å². The van der Waals surface area contributed by atoms with E-state index in [1.165, 1.54) is 35.2 Å². The summed E-state index contributed by atoms with van der Waals surface area (Å²) in [5.41, 5.74) is 0.557. The largest absolute Gasteiger partial charge is 0.437 e. The van der Waals surface area contributed by atoms with Crippen molar-refractivity contribution in [2.75, 3.05) is 30.4 Å². The first-order chi connectivity index (χ1) is 19.1. The Morgan fingerprint density at radius 1 is 1.02 bits per heavy atom. The van der Waals surface area contributed by atoms with Crippen LogP contribution in [-0.2, 0) is 0 Å². The summed E-state index contributed by atoms with van der Waals surface area (Å²) in [5.74, 6) is -1.91. The molecule has 0 saturated carbocycles. The van der Waals surface area contributed by atoms with Crippen LogP contribution in [0.15, 0.2) is 65.1 Å². The van der Waals surface area contributed by atoms with E-state index in [1.54, 1.807) is 37.4 Å². The highest BCUT2D eigenvalue weighted by Gasteiger charge is 2.31. The number of nitrogens with one attached hydrogen (secondary N) is 2. The number of carbonyl (C=O) groups excluding carboxylic acids is 2. The highest BCUT2D eigenvalue weighted by Crippen LogP contribution is 2.37. The van der Waals surface area contributed by atoms with E-state index in [9.17, 15) is 27.2 Å². The van der Waals surface area contributed by atoms with Crippen molar-refractivity contribution in [1.82, 2.24) is 10.3 Å². The molecule has 40 heavy (non-hydrogen) atoms. The fourth-order valence-corrected chi connectivity index (χ4v) is 4.18. The van der Waals surface area contributed by atoms with Crippen LogP contribution in [0.25, 0.3) is 22.4 Å². The fraction of sp³-hybridized carbons (Fsp3) is 0.276. The lowest BCUT2D eigenvalue weighted by atomic mass is 10.0. The zero-order valence-corrected chi connectivity index (χ0v) is 21.9. The van der Waals surface area contributed by atoms with Gasteiger partial charge in [0.1, 0.15) is 23.9 Å². The molecule has 2 N–H and O–H groups in total. The number of halogens is 4. The molecule has 0 spiro atoms. The fourth-order valence-electron chi connectivity index (χ4n) is 4.18. The van der Waals surface area contributed by atoms with Crippen LogP contribution in [0.1, 0.15) is 46.9 Å². The molecule has 7 nitrogen and oxygen atoms in total. The van der Waals surface area contributed by atoms with E-state index in [1.807, 2.05) is 6.92 Å². The van der Waals surface area contributed by atoms with Crippen LogP contribution in [0.4, 0.5) is 29.1 Å². The maximum Gasteiger partial charge on any atom is 0.405 e. The van der Waals surface area contributed by atoms with Crippen molar-refractivity contribution in [3.05, 3.63) is 77.6 Å². The molecule has 2 aromatic carbocycles. The van der Waals surface area contributed by atoms with Gasteiger partial charge >= 0.3 is 6.18 Å². The predicted molar refractivity (Wildman–Crippen MR) is 145 cm³/mol. The van der Waals surface area contributed by atoms with Crippen molar-refractivity contribution >= 4 is 34.4 Å². The highest BCUT2D eigenvalue weighted by atomic mass is 19.4. The van der Waals surface area contributed by atoms with E-state index in [0.29, 0.717) is 24.2 Å². The Bertz CT molecular complexity index is 1490. The SMILES string of the molecule is CCCCCNC(=O)c1cc(NCC(F)(F)F)nc2oc(-c3ccc(F)cc3)c(C(=O)N(C)c3ccccc3)c12. The molecule has 0 saturated heterocycles. The number of hydrogen-bond acceptors (Lipinski definition) is 5. The number of anilines is 2. The van der Waals surface area contributed by atoms with Gasteiger partial charge in [-0.25, -0.2) is 4.39 Å². The zero-order chi connectivity index (χ0) is 28.9. The number of fused-ring (bicyclic) bond motifs is 1. The Labute approximate surface area is 228 Å². The molecule has 0 unspecified atom stereocenters. The number of para-hydroxylation sites is 1. The van der Waals surface area contributed by atoms with Crippen LogP contribution in [0.5, 0.6) is 0 Å². The number of furan rings is 1. The zero-order valence-electron chi connectivity index (χ0n) is 21.9. The van der Waals surface area contributed by atoms with Gasteiger partial charge in [-0.3, -0.25) is 9.59 Å². The van der Waals surface area contributed by atoms with Gasteiger partial charge in [0.05, 0.1) is 16.5 Å². The normalized spacial score (nSPS) is 11.4. The van der Waals surface area contributed by atoms with Gasteiger partial charge in [-0.1, -0.05) is 38.0 Å². The second-order valence-electron chi connectivity index (χ2n) is 9.18. The number of carbonyl (C=O) groups is 2. The molecule has 0 aliphatic rings. The lowest BCUT2D eigenvalue weighted by Gasteiger charge is -2.18. The van der Waals surface area contributed by atoms with E-state index < -0.39 is 30.4 Å². The number of unbranched alkanes of at least 4 members (excludes halogenated alkanes) is 2. The number of amides is 2. The van der Waals surface area contributed by atoms with Crippen molar-refractivity contribution in [2.24, 2.45) is 0 Å². The molecule has 2 aromatic heterocycles. The maximum atomic E-state index is 14.0. The molecule has 210 valence electrons. The Morgan fingerprint density at radius 3 is 2.38 bits per heavy atom. The van der Waals surface area contributed by atoms with Gasteiger partial charge in [0, 0.05) is 24.8 Å². The predicted octanol–water partition coefficient (Wildman–Crippen LogP) is 6.80. The molecule has 11 heteroatoms. The minimum absolute atomic E-state index is 0.00304. The third-order valence-electron chi connectivity index (χ3n) is 6.21. The molecule has 0 aliphatic carbocycles. The van der Waals surface area contributed by atoms with Gasteiger partial charge in [-0.15, -0.1) is 0 Å². The number of aromatic nitrogens is 1. The van der Waals surface area contributed by atoms with E-state index in [-0.39, 0.29) is 33.8 Å². The summed E-state index contributed by atoms with van der Waals surface area (Å²) in [7, 11) is 1.54. The average molecular weight is 557 g/mol. The molecular formula is C29H28F4N4O3. The maximum absolute atomic E-state index is 14.0. The van der Waals surface area contributed by atoms with Crippen LogP contribution in [0.2, 0.25) is 0 Å². The summed E-state index contributed by atoms with van der Waals surface area (Å²) < 4.78 is 58.6. The lowest BCUT2D eigenvalue weighted by molar-refractivity contribution is -0.115. The first kappa shape index (κ1) is 28.6. The van der Waals surface area contributed by atoms with Crippen LogP contribution >= 0.6 is 0 Å². The topological polar surface area (TPSA) is 87.5 Å². The second-order valence-corrected chi connectivity index (χ2v) is 9.18. The molecule has 0 aliphatic heterocycles. The van der Waals surface area contributed by atoms with Crippen LogP contribution < -0.4 is 15.5 Å². The molecule has 2 amide bonds. The summed E-state index contributed by atoms with van der Waals surface area (Å²) in [6, 6.07) is 15.1. The van der Waals surface area contributed by atoms with E-state index in [4.69, 9.17) is 4.42 Å². The number of rotatable bonds is 10. The molecule has 4 rings (SSSR count). The number of benzene rings is 2. The van der Waals surface area contributed by atoms with Crippen molar-refractivity contribution in [2.45, 2.75) is 32.4 Å². The first-order valence-corrected chi connectivity index (χ1v) is 12.7. The van der Waals surface area contributed by atoms with Crippen molar-refractivity contribution in [1.29, 1.82) is 0 Å². The Balaban J connectivity index is 1.92. The Kier molecular flexibility index (Phi) is 8.71. The number of nitrogens with zero attached hydrogens (tertiary/aromatic N) is 2. The molecule has 0 radical (unpaired) electrons. The second kappa shape index (κ2) is 12.2. The molecule has 4 aromatic rings. The van der Waals surface area contributed by atoms with Crippen LogP contribution in [-0.4, -0.2) is 43.1 Å². The molecule has 0 atom stereocenters. The van der Waals surface area contributed by atoms with Gasteiger partial charge in [-0.2, -0.15) is 18.2 Å². The monoisotopic (exact) mass is 556 g/mol. The van der Waals surface area contributed by atoms with Gasteiger partial charge in [-0.05, 0) is 48.9 Å². The van der Waals surface area contributed by atoms with Crippen molar-refractivity contribution in [3.8, 4) is 11.3 Å². The van der Waals surface area contributed by atoms with Crippen molar-refractivity contribution < 1.29 is 31.6 Å². The number of hydrogen-bond donors (Lipinski definition) is 2. The highest BCUT2D eigenvalue weighted by molar-refractivity contribution is 6.21. The van der Waals surface area contributed by atoms with E-state index >= 15 is 0 Å². The standard InChI is InChI=1S/C29H28F4N4O3/c1-3-4-8-15-34-26(38)21-16-22(35-17-29(31,32)33)36-27-23(21)24(25(40-27)18-11-13-19(30)14-12-18)28(39)37(2)20-9-6-5-7-10-20/h5-7,9-14,16H,3-4,8,15,17H2,1-2H3,(H,34,38)(H,35,36). The third kappa shape index (κ3) is 6.59. The molecular weight excluding hydrogens is 528 g/mol. The summed E-state index contributed by atoms with van der Waals surface area (Å²) >= 11 is 0. The van der Waals surface area contributed by atoms with Crippen LogP contribution in [0.3, 0.4) is 0 Å². The Hall–Kier alpha value is -4.41. The molecule has 0 bridgehead atoms. The first-order valence-electron chi connectivity index (χ1n) is 12.7. The minimum atomic E-state index is -4.54.